The lowest BCUT2D eigenvalue weighted by Gasteiger charge is -2.24. The summed E-state index contributed by atoms with van der Waals surface area (Å²) in [5.41, 5.74) is 4.34. The first-order chi connectivity index (χ1) is 12.6. The maximum atomic E-state index is 13.2. The van der Waals surface area contributed by atoms with Crippen LogP contribution in [-0.2, 0) is 6.42 Å². The predicted octanol–water partition coefficient (Wildman–Crippen LogP) is 3.52. The molecule has 1 aliphatic rings. The van der Waals surface area contributed by atoms with E-state index in [-0.39, 0.29) is 17.8 Å². The molecule has 6 heteroatoms. The molecule has 4 rings (SSSR count). The van der Waals surface area contributed by atoms with Crippen molar-refractivity contribution in [1.29, 1.82) is 0 Å². The van der Waals surface area contributed by atoms with E-state index in [1.807, 2.05) is 17.7 Å². The molecule has 0 aliphatic heterocycles. The highest BCUT2D eigenvalue weighted by molar-refractivity contribution is 5.94. The third-order valence-electron chi connectivity index (χ3n) is 4.73. The molecule has 1 N–H and O–H groups in total. The first kappa shape index (κ1) is 16.4. The standard InChI is InChI=1S/C20H19FN4O/c1-13-5-6-14(11-22-13)20(26)24-18-3-2-4-19-17(18)12-23-25(19)16-9-7-15(21)8-10-16/h5-12,18H,2-4H2,1H3,(H,24,26). The van der Waals surface area contributed by atoms with Crippen LogP contribution in [-0.4, -0.2) is 20.7 Å². The van der Waals surface area contributed by atoms with E-state index in [1.165, 1.54) is 12.1 Å². The number of rotatable bonds is 3. The number of halogens is 1. The minimum Gasteiger partial charge on any atom is -0.345 e. The number of hydrogen-bond donors (Lipinski definition) is 1. The second-order valence-corrected chi connectivity index (χ2v) is 6.54. The van der Waals surface area contributed by atoms with Gasteiger partial charge in [-0.3, -0.25) is 9.78 Å². The van der Waals surface area contributed by atoms with Crippen molar-refractivity contribution >= 4 is 5.91 Å². The molecular formula is C20H19FN4O. The van der Waals surface area contributed by atoms with Crippen LogP contribution >= 0.6 is 0 Å². The molecule has 2 aromatic heterocycles. The summed E-state index contributed by atoms with van der Waals surface area (Å²) in [4.78, 5) is 16.7. The topological polar surface area (TPSA) is 59.8 Å². The molecule has 0 radical (unpaired) electrons. The van der Waals surface area contributed by atoms with Gasteiger partial charge in [0.1, 0.15) is 5.82 Å². The molecule has 26 heavy (non-hydrogen) atoms. The molecule has 3 aromatic rings. The van der Waals surface area contributed by atoms with Gasteiger partial charge in [-0.25, -0.2) is 9.07 Å². The van der Waals surface area contributed by atoms with Crippen LogP contribution in [0, 0.1) is 12.7 Å². The number of carbonyl (C=O) groups is 1. The fourth-order valence-electron chi connectivity index (χ4n) is 3.36. The molecule has 1 atom stereocenters. The predicted molar refractivity (Wildman–Crippen MR) is 95.6 cm³/mol. The van der Waals surface area contributed by atoms with Gasteiger partial charge < -0.3 is 5.32 Å². The van der Waals surface area contributed by atoms with Crippen molar-refractivity contribution in [2.24, 2.45) is 0 Å². The van der Waals surface area contributed by atoms with Gasteiger partial charge in [-0.05, 0) is 62.6 Å². The quantitative estimate of drug-likeness (QED) is 0.786. The van der Waals surface area contributed by atoms with E-state index < -0.39 is 0 Å². The average molecular weight is 350 g/mol. The largest absolute Gasteiger partial charge is 0.345 e. The number of benzene rings is 1. The minimum atomic E-state index is -0.272. The van der Waals surface area contributed by atoms with Crippen molar-refractivity contribution < 1.29 is 9.18 Å². The second kappa shape index (κ2) is 6.71. The van der Waals surface area contributed by atoms with Gasteiger partial charge in [-0.15, -0.1) is 0 Å². The summed E-state index contributed by atoms with van der Waals surface area (Å²) in [6.07, 6.45) is 6.10. The van der Waals surface area contributed by atoms with Crippen LogP contribution in [0.25, 0.3) is 5.69 Å². The number of amides is 1. The summed E-state index contributed by atoms with van der Waals surface area (Å²) >= 11 is 0. The van der Waals surface area contributed by atoms with Gasteiger partial charge in [-0.1, -0.05) is 0 Å². The fraction of sp³-hybridized carbons (Fsp3) is 0.250. The number of nitrogens with one attached hydrogen (secondary N) is 1. The van der Waals surface area contributed by atoms with Crippen molar-refractivity contribution in [2.75, 3.05) is 0 Å². The van der Waals surface area contributed by atoms with Crippen molar-refractivity contribution in [3.05, 3.63) is 77.1 Å². The Morgan fingerprint density at radius 1 is 1.19 bits per heavy atom. The first-order valence-electron chi connectivity index (χ1n) is 8.68. The Hall–Kier alpha value is -3.02. The highest BCUT2D eigenvalue weighted by atomic mass is 19.1. The van der Waals surface area contributed by atoms with Crippen LogP contribution in [0.5, 0.6) is 0 Å². The monoisotopic (exact) mass is 350 g/mol. The summed E-state index contributed by atoms with van der Waals surface area (Å²) in [7, 11) is 0. The number of nitrogens with zero attached hydrogens (tertiary/aromatic N) is 3. The van der Waals surface area contributed by atoms with Gasteiger partial charge in [0.05, 0.1) is 23.5 Å². The van der Waals surface area contributed by atoms with Gasteiger partial charge >= 0.3 is 0 Å². The van der Waals surface area contributed by atoms with Crippen LogP contribution < -0.4 is 5.32 Å². The lowest BCUT2D eigenvalue weighted by atomic mass is 9.92. The first-order valence-corrected chi connectivity index (χ1v) is 8.68. The molecule has 0 spiro atoms. The van der Waals surface area contributed by atoms with Crippen LogP contribution in [0.15, 0.2) is 48.8 Å². The van der Waals surface area contributed by atoms with E-state index in [9.17, 15) is 9.18 Å². The van der Waals surface area contributed by atoms with E-state index >= 15 is 0 Å². The Balaban J connectivity index is 1.59. The van der Waals surface area contributed by atoms with Crippen molar-refractivity contribution in [3.8, 4) is 5.69 Å². The van der Waals surface area contributed by atoms with E-state index in [4.69, 9.17) is 0 Å². The lowest BCUT2D eigenvalue weighted by Crippen LogP contribution is -2.31. The fourth-order valence-corrected chi connectivity index (χ4v) is 3.36. The summed E-state index contributed by atoms with van der Waals surface area (Å²) in [5, 5.41) is 7.56. The van der Waals surface area contributed by atoms with E-state index in [0.717, 1.165) is 41.9 Å². The minimum absolute atomic E-state index is 0.0817. The van der Waals surface area contributed by atoms with Gasteiger partial charge in [0.25, 0.3) is 5.91 Å². The summed E-state index contributed by atoms with van der Waals surface area (Å²) in [5.74, 6) is -0.406. The zero-order valence-corrected chi connectivity index (χ0v) is 14.4. The molecule has 132 valence electrons. The Morgan fingerprint density at radius 2 is 2.00 bits per heavy atom. The van der Waals surface area contributed by atoms with Crippen LogP contribution in [0.1, 0.15) is 46.2 Å². The zero-order chi connectivity index (χ0) is 18.1. The molecule has 0 fully saturated rings. The lowest BCUT2D eigenvalue weighted by molar-refractivity contribution is 0.0932. The van der Waals surface area contributed by atoms with E-state index in [1.54, 1.807) is 30.6 Å². The number of carbonyl (C=O) groups excluding carboxylic acids is 1. The van der Waals surface area contributed by atoms with Crippen LogP contribution in [0.3, 0.4) is 0 Å². The Bertz CT molecular complexity index is 931. The van der Waals surface area contributed by atoms with Crippen LogP contribution in [0.2, 0.25) is 0 Å². The zero-order valence-electron chi connectivity index (χ0n) is 14.4. The highest BCUT2D eigenvalue weighted by Gasteiger charge is 2.26. The molecule has 0 bridgehead atoms. The van der Waals surface area contributed by atoms with Gasteiger partial charge in [0.2, 0.25) is 0 Å². The van der Waals surface area contributed by atoms with Gasteiger partial charge in [0, 0.05) is 23.1 Å². The SMILES string of the molecule is Cc1ccc(C(=O)NC2CCCc3c2cnn3-c2ccc(F)cc2)cn1. The normalized spacial score (nSPS) is 16.2. The molecule has 1 amide bonds. The highest BCUT2D eigenvalue weighted by Crippen LogP contribution is 2.31. The van der Waals surface area contributed by atoms with Crippen LogP contribution in [0.4, 0.5) is 4.39 Å². The maximum absolute atomic E-state index is 13.2. The van der Waals surface area contributed by atoms with Gasteiger partial charge in [0.15, 0.2) is 0 Å². The second-order valence-electron chi connectivity index (χ2n) is 6.54. The Labute approximate surface area is 150 Å². The van der Waals surface area contributed by atoms with Crippen molar-refractivity contribution in [2.45, 2.75) is 32.2 Å². The molecule has 5 nitrogen and oxygen atoms in total. The molecule has 1 aromatic carbocycles. The number of hydrogen-bond acceptors (Lipinski definition) is 3. The Kier molecular flexibility index (Phi) is 4.24. The van der Waals surface area contributed by atoms with E-state index in [0.29, 0.717) is 5.56 Å². The van der Waals surface area contributed by atoms with E-state index in [2.05, 4.69) is 15.4 Å². The molecule has 0 saturated carbocycles. The number of aromatic nitrogens is 3. The summed E-state index contributed by atoms with van der Waals surface area (Å²) in [6.45, 7) is 1.89. The number of pyridine rings is 1. The third kappa shape index (κ3) is 3.10. The third-order valence-corrected chi connectivity index (χ3v) is 4.73. The smallest absolute Gasteiger partial charge is 0.253 e. The van der Waals surface area contributed by atoms with Crippen molar-refractivity contribution in [1.82, 2.24) is 20.1 Å². The number of fused-ring (bicyclic) bond motifs is 1. The molecule has 2 heterocycles. The molecular weight excluding hydrogens is 331 g/mol. The summed E-state index contributed by atoms with van der Waals surface area (Å²) < 4.78 is 15.0. The van der Waals surface area contributed by atoms with Crippen molar-refractivity contribution in [3.63, 3.8) is 0 Å². The summed E-state index contributed by atoms with van der Waals surface area (Å²) in [6, 6.07) is 9.80. The average Bonchev–Trinajstić information content (AvgIpc) is 3.08. The Morgan fingerprint density at radius 3 is 2.73 bits per heavy atom. The maximum Gasteiger partial charge on any atom is 0.253 e. The number of aryl methyl sites for hydroxylation is 1. The molecule has 0 saturated heterocycles. The molecule has 1 aliphatic carbocycles. The molecule has 1 unspecified atom stereocenters. The van der Waals surface area contributed by atoms with Gasteiger partial charge in [-0.2, -0.15) is 5.10 Å².